The first-order valence-electron chi connectivity index (χ1n) is 6.35. The number of carbonyl (C=O) groups is 1. The number of nitrogens with one attached hydrogen (secondary N) is 1. The van der Waals surface area contributed by atoms with E-state index < -0.39 is 5.41 Å². The minimum atomic E-state index is -0.763. The van der Waals surface area contributed by atoms with Crippen molar-refractivity contribution in [3.63, 3.8) is 0 Å². The van der Waals surface area contributed by atoms with Gasteiger partial charge in [0.1, 0.15) is 11.6 Å². The molecule has 0 saturated heterocycles. The van der Waals surface area contributed by atoms with Crippen LogP contribution in [0.4, 0.5) is 14.5 Å². The van der Waals surface area contributed by atoms with Crippen molar-refractivity contribution in [1.29, 1.82) is 0 Å². The van der Waals surface area contributed by atoms with Crippen LogP contribution in [-0.4, -0.2) is 5.91 Å². The fourth-order valence-electron chi connectivity index (χ4n) is 2.67. The van der Waals surface area contributed by atoms with Gasteiger partial charge in [0, 0.05) is 5.69 Å². The molecule has 3 rings (SSSR count). The number of hydrogen-bond donors (Lipinski definition) is 1. The molecule has 20 heavy (non-hydrogen) atoms. The number of carbonyl (C=O) groups excluding carboxylic acids is 1. The predicted molar refractivity (Wildman–Crippen MR) is 72.5 cm³/mol. The van der Waals surface area contributed by atoms with Crippen molar-refractivity contribution in [1.82, 2.24) is 0 Å². The Morgan fingerprint density at radius 3 is 2.40 bits per heavy atom. The number of amides is 1. The van der Waals surface area contributed by atoms with E-state index in [0.717, 1.165) is 11.1 Å². The third-order valence-electron chi connectivity index (χ3n) is 3.80. The molecule has 0 aromatic heterocycles. The Kier molecular flexibility index (Phi) is 2.82. The summed E-state index contributed by atoms with van der Waals surface area (Å²) in [7, 11) is 0. The first-order valence-corrected chi connectivity index (χ1v) is 6.35. The molecule has 0 radical (unpaired) electrons. The molecule has 102 valence electrons. The molecule has 0 spiro atoms. The summed E-state index contributed by atoms with van der Waals surface area (Å²) in [6.45, 7) is 1.81. The van der Waals surface area contributed by atoms with Crippen molar-refractivity contribution >= 4 is 11.6 Å². The largest absolute Gasteiger partial charge is 0.325 e. The highest BCUT2D eigenvalue weighted by Crippen LogP contribution is 2.40. The highest BCUT2D eigenvalue weighted by molar-refractivity contribution is 6.06. The van der Waals surface area contributed by atoms with E-state index in [9.17, 15) is 13.6 Å². The maximum Gasteiger partial charge on any atom is 0.235 e. The number of anilines is 1. The average molecular weight is 273 g/mol. The van der Waals surface area contributed by atoms with Crippen molar-refractivity contribution < 1.29 is 13.6 Å². The van der Waals surface area contributed by atoms with E-state index in [2.05, 4.69) is 5.32 Å². The van der Waals surface area contributed by atoms with Crippen LogP contribution in [-0.2, 0) is 16.6 Å². The number of benzene rings is 2. The van der Waals surface area contributed by atoms with Crippen LogP contribution in [0.25, 0.3) is 0 Å². The first kappa shape index (κ1) is 12.8. The summed E-state index contributed by atoms with van der Waals surface area (Å²) in [5, 5.41) is 2.71. The van der Waals surface area contributed by atoms with E-state index in [1.54, 1.807) is 18.2 Å². The molecule has 1 heterocycles. The Balaban J connectivity index is 2.00. The van der Waals surface area contributed by atoms with Gasteiger partial charge in [-0.2, -0.15) is 0 Å². The highest BCUT2D eigenvalue weighted by Gasteiger charge is 2.42. The monoisotopic (exact) mass is 273 g/mol. The quantitative estimate of drug-likeness (QED) is 0.892. The Bertz CT molecular complexity index is 681. The van der Waals surface area contributed by atoms with Crippen molar-refractivity contribution in [2.75, 3.05) is 5.32 Å². The van der Waals surface area contributed by atoms with Crippen LogP contribution in [0.15, 0.2) is 42.5 Å². The Hall–Kier alpha value is -2.23. The van der Waals surface area contributed by atoms with Crippen LogP contribution >= 0.6 is 0 Å². The summed E-state index contributed by atoms with van der Waals surface area (Å²) in [4.78, 5) is 12.2. The standard InChI is InChI=1S/C16H13F2NO/c1-16(9-10-2-4-11(17)5-3-10)13-7-6-12(18)8-14(13)19-15(16)20/h2-8H,9H2,1H3,(H,19,20). The molecule has 2 aromatic carbocycles. The second kappa shape index (κ2) is 4.40. The van der Waals surface area contributed by atoms with E-state index in [-0.39, 0.29) is 17.5 Å². The van der Waals surface area contributed by atoms with Crippen LogP contribution in [0.3, 0.4) is 0 Å². The maximum absolute atomic E-state index is 13.2. The molecule has 1 aliphatic heterocycles. The lowest BCUT2D eigenvalue weighted by molar-refractivity contribution is -0.120. The molecule has 2 nitrogen and oxygen atoms in total. The summed E-state index contributed by atoms with van der Waals surface area (Å²) in [6.07, 6.45) is 0.442. The molecular formula is C16H13F2NO. The first-order chi connectivity index (χ1) is 9.49. The topological polar surface area (TPSA) is 29.1 Å². The van der Waals surface area contributed by atoms with Gasteiger partial charge in [0.05, 0.1) is 5.41 Å². The van der Waals surface area contributed by atoms with E-state index in [4.69, 9.17) is 0 Å². The zero-order chi connectivity index (χ0) is 14.3. The third kappa shape index (κ3) is 1.97. The molecular weight excluding hydrogens is 260 g/mol. The van der Waals surface area contributed by atoms with E-state index >= 15 is 0 Å². The number of fused-ring (bicyclic) bond motifs is 1. The van der Waals surface area contributed by atoms with Gasteiger partial charge in [-0.1, -0.05) is 18.2 Å². The maximum atomic E-state index is 13.2. The number of hydrogen-bond acceptors (Lipinski definition) is 1. The van der Waals surface area contributed by atoms with Gasteiger partial charge >= 0.3 is 0 Å². The predicted octanol–water partition coefficient (Wildman–Crippen LogP) is 3.42. The SMILES string of the molecule is CC1(Cc2ccc(F)cc2)C(=O)Nc2cc(F)ccc21. The summed E-state index contributed by atoms with van der Waals surface area (Å²) < 4.78 is 26.2. The lowest BCUT2D eigenvalue weighted by atomic mass is 9.78. The van der Waals surface area contributed by atoms with Gasteiger partial charge in [-0.05, 0) is 48.7 Å². The molecule has 0 fully saturated rings. The summed E-state index contributed by atoms with van der Waals surface area (Å²) in [5.41, 5.74) is 1.38. The molecule has 0 bridgehead atoms. The normalized spacial score (nSPS) is 20.6. The summed E-state index contributed by atoms with van der Waals surface area (Å²) >= 11 is 0. The second-order valence-electron chi connectivity index (χ2n) is 5.28. The fourth-order valence-corrected chi connectivity index (χ4v) is 2.67. The van der Waals surface area contributed by atoms with E-state index in [1.165, 1.54) is 24.3 Å². The minimum absolute atomic E-state index is 0.164. The zero-order valence-corrected chi connectivity index (χ0v) is 10.9. The zero-order valence-electron chi connectivity index (χ0n) is 10.9. The third-order valence-corrected chi connectivity index (χ3v) is 3.80. The lowest BCUT2D eigenvalue weighted by Crippen LogP contribution is -2.33. The molecule has 1 aliphatic rings. The minimum Gasteiger partial charge on any atom is -0.325 e. The van der Waals surface area contributed by atoms with Crippen molar-refractivity contribution in [2.24, 2.45) is 0 Å². The smallest absolute Gasteiger partial charge is 0.235 e. The molecule has 1 atom stereocenters. The molecule has 2 aromatic rings. The van der Waals surface area contributed by atoms with Gasteiger partial charge in [-0.25, -0.2) is 8.78 Å². The van der Waals surface area contributed by atoms with Gasteiger partial charge in [-0.3, -0.25) is 4.79 Å². The Morgan fingerprint density at radius 2 is 1.70 bits per heavy atom. The second-order valence-corrected chi connectivity index (χ2v) is 5.28. The average Bonchev–Trinajstić information content (AvgIpc) is 2.64. The van der Waals surface area contributed by atoms with Crippen molar-refractivity contribution in [3.8, 4) is 0 Å². The van der Waals surface area contributed by atoms with Crippen LogP contribution in [0.2, 0.25) is 0 Å². The van der Waals surface area contributed by atoms with Gasteiger partial charge < -0.3 is 5.32 Å². The van der Waals surface area contributed by atoms with Crippen molar-refractivity contribution in [2.45, 2.75) is 18.8 Å². The van der Waals surface area contributed by atoms with Crippen LogP contribution in [0, 0.1) is 11.6 Å². The van der Waals surface area contributed by atoms with Crippen molar-refractivity contribution in [3.05, 3.63) is 65.2 Å². The number of halogens is 2. The van der Waals surface area contributed by atoms with Gasteiger partial charge in [0.15, 0.2) is 0 Å². The molecule has 4 heteroatoms. The summed E-state index contributed by atoms with van der Waals surface area (Å²) in [6, 6.07) is 10.4. The van der Waals surface area contributed by atoms with Crippen LogP contribution in [0.1, 0.15) is 18.1 Å². The molecule has 1 unspecified atom stereocenters. The molecule has 0 saturated carbocycles. The van der Waals surface area contributed by atoms with E-state index in [0.29, 0.717) is 12.1 Å². The molecule has 1 N–H and O–H groups in total. The van der Waals surface area contributed by atoms with Gasteiger partial charge in [-0.15, -0.1) is 0 Å². The summed E-state index contributed by atoms with van der Waals surface area (Å²) in [5.74, 6) is -0.852. The Labute approximate surface area is 115 Å². The van der Waals surface area contributed by atoms with Crippen LogP contribution < -0.4 is 5.32 Å². The van der Waals surface area contributed by atoms with Gasteiger partial charge in [0.2, 0.25) is 5.91 Å². The molecule has 0 aliphatic carbocycles. The Morgan fingerprint density at radius 1 is 1.05 bits per heavy atom. The highest BCUT2D eigenvalue weighted by atomic mass is 19.1. The fraction of sp³-hybridized carbons (Fsp3) is 0.188. The van der Waals surface area contributed by atoms with Crippen LogP contribution in [0.5, 0.6) is 0 Å². The van der Waals surface area contributed by atoms with Gasteiger partial charge in [0.25, 0.3) is 0 Å². The number of rotatable bonds is 2. The lowest BCUT2D eigenvalue weighted by Gasteiger charge is -2.22. The molecule has 1 amide bonds. The van der Waals surface area contributed by atoms with E-state index in [1.807, 2.05) is 6.92 Å².